The van der Waals surface area contributed by atoms with Gasteiger partial charge in [-0.3, -0.25) is 9.69 Å². The van der Waals surface area contributed by atoms with Crippen molar-refractivity contribution in [2.75, 3.05) is 32.1 Å². The highest BCUT2D eigenvalue weighted by Crippen LogP contribution is 2.20. The van der Waals surface area contributed by atoms with E-state index in [2.05, 4.69) is 50.4 Å². The van der Waals surface area contributed by atoms with Gasteiger partial charge in [0, 0.05) is 35.5 Å². The molecule has 26 heavy (non-hydrogen) atoms. The molecule has 2 aromatic rings. The number of benzene rings is 2. The van der Waals surface area contributed by atoms with Crippen molar-refractivity contribution in [2.45, 2.75) is 18.0 Å². The maximum atomic E-state index is 12.1. The molecule has 1 heterocycles. The second-order valence-electron chi connectivity index (χ2n) is 6.23. The lowest BCUT2D eigenvalue weighted by Gasteiger charge is -2.26. The average Bonchev–Trinajstić information content (AvgIpc) is 2.67. The van der Waals surface area contributed by atoms with Gasteiger partial charge >= 0.3 is 0 Å². The monoisotopic (exact) mass is 434 g/mol. The highest BCUT2D eigenvalue weighted by Gasteiger charge is 2.11. The molecule has 0 aromatic heterocycles. The third-order valence-corrected chi connectivity index (χ3v) is 5.72. The molecule has 0 atom stereocenters. The van der Waals surface area contributed by atoms with Crippen LogP contribution in [0.3, 0.4) is 0 Å². The molecule has 4 nitrogen and oxygen atoms in total. The van der Waals surface area contributed by atoms with Gasteiger partial charge in [0.15, 0.2) is 0 Å². The topological polar surface area (TPSA) is 41.6 Å². The van der Waals surface area contributed by atoms with Gasteiger partial charge in [-0.1, -0.05) is 40.2 Å². The molecule has 1 amide bonds. The van der Waals surface area contributed by atoms with Gasteiger partial charge in [-0.25, -0.2) is 0 Å². The van der Waals surface area contributed by atoms with Gasteiger partial charge in [-0.15, -0.1) is 11.8 Å². The third-order valence-electron chi connectivity index (χ3n) is 4.17. The summed E-state index contributed by atoms with van der Waals surface area (Å²) in [7, 11) is 0. The first-order chi connectivity index (χ1) is 12.7. The van der Waals surface area contributed by atoms with Crippen molar-refractivity contribution >= 4 is 33.6 Å². The van der Waals surface area contributed by atoms with Crippen LogP contribution in [0.15, 0.2) is 57.9 Å². The van der Waals surface area contributed by atoms with Crippen molar-refractivity contribution in [3.63, 3.8) is 0 Å². The summed E-state index contributed by atoms with van der Waals surface area (Å²) in [5.74, 6) is 0.478. The summed E-state index contributed by atoms with van der Waals surface area (Å²) < 4.78 is 6.44. The molecule has 0 radical (unpaired) electrons. The van der Waals surface area contributed by atoms with Crippen LogP contribution in [-0.4, -0.2) is 42.9 Å². The summed E-state index contributed by atoms with van der Waals surface area (Å²) in [6.07, 6.45) is 0. The summed E-state index contributed by atoms with van der Waals surface area (Å²) in [5.41, 5.74) is 2.42. The van der Waals surface area contributed by atoms with Crippen LogP contribution in [0.1, 0.15) is 11.1 Å². The van der Waals surface area contributed by atoms with Crippen LogP contribution in [0.2, 0.25) is 0 Å². The zero-order valence-electron chi connectivity index (χ0n) is 14.6. The van der Waals surface area contributed by atoms with E-state index in [0.717, 1.165) is 47.8 Å². The molecule has 1 N–H and O–H groups in total. The number of thioether (sulfide) groups is 1. The number of halogens is 1. The Labute approximate surface area is 167 Å². The Hall–Kier alpha value is -1.34. The lowest BCUT2D eigenvalue weighted by Crippen LogP contribution is -2.35. The van der Waals surface area contributed by atoms with Gasteiger partial charge in [0.2, 0.25) is 5.91 Å². The average molecular weight is 435 g/mol. The lowest BCUT2D eigenvalue weighted by molar-refractivity contribution is -0.118. The molecule has 1 saturated heterocycles. The second kappa shape index (κ2) is 10.1. The van der Waals surface area contributed by atoms with Crippen molar-refractivity contribution in [1.82, 2.24) is 10.2 Å². The van der Waals surface area contributed by atoms with E-state index in [-0.39, 0.29) is 5.91 Å². The first-order valence-electron chi connectivity index (χ1n) is 8.72. The van der Waals surface area contributed by atoms with Crippen LogP contribution in [0, 0.1) is 0 Å². The first-order valence-corrected chi connectivity index (χ1v) is 10.5. The van der Waals surface area contributed by atoms with Crippen LogP contribution in [0.4, 0.5) is 0 Å². The number of hydrogen-bond donors (Lipinski definition) is 1. The van der Waals surface area contributed by atoms with Gasteiger partial charge in [0.05, 0.1) is 19.0 Å². The molecule has 0 bridgehead atoms. The quantitative estimate of drug-likeness (QED) is 0.674. The highest BCUT2D eigenvalue weighted by atomic mass is 79.9. The van der Waals surface area contributed by atoms with E-state index in [9.17, 15) is 4.79 Å². The Morgan fingerprint density at radius 1 is 1.12 bits per heavy atom. The maximum absolute atomic E-state index is 12.1. The molecule has 1 aliphatic heterocycles. The molecule has 1 aliphatic rings. The Kier molecular flexibility index (Phi) is 7.55. The van der Waals surface area contributed by atoms with E-state index in [1.54, 1.807) is 11.8 Å². The standard InChI is InChI=1S/C20H23BrN2O2S/c21-18-4-6-19(7-5-18)26-15-20(24)22-13-16-2-1-3-17(12-16)14-23-8-10-25-11-9-23/h1-7,12H,8-11,13-15H2,(H,22,24). The van der Waals surface area contributed by atoms with Crippen LogP contribution in [-0.2, 0) is 22.6 Å². The lowest BCUT2D eigenvalue weighted by atomic mass is 10.1. The van der Waals surface area contributed by atoms with E-state index in [4.69, 9.17) is 4.74 Å². The van der Waals surface area contributed by atoms with Crippen molar-refractivity contribution in [1.29, 1.82) is 0 Å². The number of carbonyl (C=O) groups is 1. The number of carbonyl (C=O) groups excluding carboxylic acids is 1. The molecular weight excluding hydrogens is 412 g/mol. The van der Waals surface area contributed by atoms with Gasteiger partial charge in [-0.05, 0) is 35.4 Å². The van der Waals surface area contributed by atoms with Crippen LogP contribution in [0.5, 0.6) is 0 Å². The number of hydrogen-bond acceptors (Lipinski definition) is 4. The van der Waals surface area contributed by atoms with Gasteiger partial charge in [0.1, 0.15) is 0 Å². The van der Waals surface area contributed by atoms with Crippen LogP contribution < -0.4 is 5.32 Å². The largest absolute Gasteiger partial charge is 0.379 e. The SMILES string of the molecule is O=C(CSc1ccc(Br)cc1)NCc1cccc(CN2CCOCC2)c1. The molecule has 6 heteroatoms. The fourth-order valence-corrected chi connectivity index (χ4v) is 3.78. The highest BCUT2D eigenvalue weighted by molar-refractivity contribution is 9.10. The Morgan fingerprint density at radius 2 is 1.85 bits per heavy atom. The van der Waals surface area contributed by atoms with Crippen molar-refractivity contribution < 1.29 is 9.53 Å². The molecule has 0 unspecified atom stereocenters. The summed E-state index contributed by atoms with van der Waals surface area (Å²) in [6, 6.07) is 16.4. The molecular formula is C20H23BrN2O2S. The van der Waals surface area contributed by atoms with Gasteiger partial charge in [-0.2, -0.15) is 0 Å². The predicted molar refractivity (Wildman–Crippen MR) is 109 cm³/mol. The molecule has 1 fully saturated rings. The normalized spacial score (nSPS) is 15.0. The molecule has 3 rings (SSSR count). The molecule has 0 spiro atoms. The summed E-state index contributed by atoms with van der Waals surface area (Å²) in [4.78, 5) is 15.6. The first kappa shape index (κ1) is 19.4. The number of rotatable bonds is 7. The van der Waals surface area contributed by atoms with Crippen molar-refractivity contribution in [3.05, 3.63) is 64.1 Å². The Balaban J connectivity index is 1.44. The van der Waals surface area contributed by atoms with Crippen LogP contribution in [0.25, 0.3) is 0 Å². The third kappa shape index (κ3) is 6.43. The van der Waals surface area contributed by atoms with Crippen molar-refractivity contribution in [3.8, 4) is 0 Å². The zero-order chi connectivity index (χ0) is 18.2. The van der Waals surface area contributed by atoms with Gasteiger partial charge in [0.25, 0.3) is 0 Å². The smallest absolute Gasteiger partial charge is 0.230 e. The van der Waals surface area contributed by atoms with Gasteiger partial charge < -0.3 is 10.1 Å². The molecule has 2 aromatic carbocycles. The van der Waals surface area contributed by atoms with E-state index in [1.165, 1.54) is 5.56 Å². The number of amides is 1. The predicted octanol–water partition coefficient (Wildman–Crippen LogP) is 3.69. The Bertz CT molecular complexity index is 718. The fourth-order valence-electron chi connectivity index (χ4n) is 2.79. The zero-order valence-corrected chi connectivity index (χ0v) is 17.0. The maximum Gasteiger partial charge on any atom is 0.230 e. The van der Waals surface area contributed by atoms with E-state index in [1.807, 2.05) is 24.3 Å². The summed E-state index contributed by atoms with van der Waals surface area (Å²) >= 11 is 4.96. The summed E-state index contributed by atoms with van der Waals surface area (Å²) in [6.45, 7) is 5.08. The van der Waals surface area contributed by atoms with Crippen LogP contribution >= 0.6 is 27.7 Å². The number of ether oxygens (including phenoxy) is 1. The molecule has 138 valence electrons. The number of nitrogens with one attached hydrogen (secondary N) is 1. The van der Waals surface area contributed by atoms with E-state index >= 15 is 0 Å². The minimum atomic E-state index is 0.0523. The second-order valence-corrected chi connectivity index (χ2v) is 8.19. The Morgan fingerprint density at radius 3 is 2.62 bits per heavy atom. The number of nitrogens with zero attached hydrogens (tertiary/aromatic N) is 1. The van der Waals surface area contributed by atoms with E-state index in [0.29, 0.717) is 12.3 Å². The molecule has 0 saturated carbocycles. The minimum Gasteiger partial charge on any atom is -0.379 e. The minimum absolute atomic E-state index is 0.0523. The summed E-state index contributed by atoms with van der Waals surface area (Å²) in [5, 5.41) is 3.01. The fraction of sp³-hybridized carbons (Fsp3) is 0.350. The van der Waals surface area contributed by atoms with E-state index < -0.39 is 0 Å². The van der Waals surface area contributed by atoms with Crippen molar-refractivity contribution in [2.24, 2.45) is 0 Å². The number of morpholine rings is 1. The molecule has 0 aliphatic carbocycles.